The lowest BCUT2D eigenvalue weighted by Crippen LogP contribution is -2.16. The van der Waals surface area contributed by atoms with Crippen molar-refractivity contribution < 1.29 is 8.42 Å². The standard InChI is InChI=1S/C12H18ClNO2S/c1-3-8-17(15,16)12-6-4-11(5-7-12)14-10(2)9-13/h4-7,10,14H,3,8-9H2,1-2H3. The Bertz CT molecular complexity index is 442. The highest BCUT2D eigenvalue weighted by atomic mass is 35.5. The van der Waals surface area contributed by atoms with Gasteiger partial charge < -0.3 is 5.32 Å². The van der Waals surface area contributed by atoms with Gasteiger partial charge in [0.1, 0.15) is 0 Å². The van der Waals surface area contributed by atoms with Crippen LogP contribution >= 0.6 is 11.6 Å². The second kappa shape index (κ2) is 6.26. The Morgan fingerprint density at radius 3 is 2.35 bits per heavy atom. The van der Waals surface area contributed by atoms with Crippen LogP contribution in [0.1, 0.15) is 20.3 Å². The molecule has 0 spiro atoms. The molecule has 1 rings (SSSR count). The van der Waals surface area contributed by atoms with Crippen molar-refractivity contribution in [3.05, 3.63) is 24.3 Å². The molecule has 1 aromatic rings. The minimum atomic E-state index is -3.11. The third-order valence-electron chi connectivity index (χ3n) is 2.33. The average Bonchev–Trinajstić information content (AvgIpc) is 2.29. The summed E-state index contributed by atoms with van der Waals surface area (Å²) in [5.41, 5.74) is 0.883. The number of alkyl halides is 1. The van der Waals surface area contributed by atoms with Crippen molar-refractivity contribution in [2.24, 2.45) is 0 Å². The van der Waals surface area contributed by atoms with Gasteiger partial charge in [-0.05, 0) is 37.6 Å². The Kier molecular flexibility index (Phi) is 5.28. The van der Waals surface area contributed by atoms with Gasteiger partial charge in [-0.15, -0.1) is 11.6 Å². The van der Waals surface area contributed by atoms with Gasteiger partial charge in [0, 0.05) is 17.6 Å². The third kappa shape index (κ3) is 4.21. The summed E-state index contributed by atoms with van der Waals surface area (Å²) in [5, 5.41) is 3.18. The Balaban J connectivity index is 2.81. The molecule has 3 nitrogen and oxygen atoms in total. The maximum Gasteiger partial charge on any atom is 0.178 e. The van der Waals surface area contributed by atoms with Crippen LogP contribution in [0.15, 0.2) is 29.2 Å². The topological polar surface area (TPSA) is 46.2 Å². The van der Waals surface area contributed by atoms with Crippen molar-refractivity contribution in [2.75, 3.05) is 16.9 Å². The number of sulfone groups is 1. The van der Waals surface area contributed by atoms with E-state index in [1.807, 2.05) is 13.8 Å². The van der Waals surface area contributed by atoms with Crippen molar-refractivity contribution in [1.29, 1.82) is 0 Å². The van der Waals surface area contributed by atoms with Gasteiger partial charge in [0.15, 0.2) is 9.84 Å². The number of anilines is 1. The summed E-state index contributed by atoms with van der Waals surface area (Å²) in [6.07, 6.45) is 0.631. The van der Waals surface area contributed by atoms with E-state index >= 15 is 0 Å². The number of halogens is 1. The highest BCUT2D eigenvalue weighted by molar-refractivity contribution is 7.91. The van der Waals surface area contributed by atoms with Crippen LogP contribution in [0.5, 0.6) is 0 Å². The molecule has 0 radical (unpaired) electrons. The minimum Gasteiger partial charge on any atom is -0.381 e. The van der Waals surface area contributed by atoms with E-state index in [4.69, 9.17) is 11.6 Å². The molecular weight excluding hydrogens is 258 g/mol. The summed E-state index contributed by atoms with van der Waals surface area (Å²) in [5.74, 6) is 0.702. The molecule has 96 valence electrons. The van der Waals surface area contributed by atoms with Crippen molar-refractivity contribution in [3.63, 3.8) is 0 Å². The minimum absolute atomic E-state index is 0.162. The third-order valence-corrected chi connectivity index (χ3v) is 4.73. The fraction of sp³-hybridized carbons (Fsp3) is 0.500. The van der Waals surface area contributed by atoms with Crippen LogP contribution in [0.2, 0.25) is 0 Å². The Labute approximate surface area is 108 Å². The van der Waals surface area contributed by atoms with Crippen molar-refractivity contribution in [1.82, 2.24) is 0 Å². The molecule has 0 saturated carbocycles. The van der Waals surface area contributed by atoms with Crippen LogP contribution in [0.25, 0.3) is 0 Å². The molecule has 1 unspecified atom stereocenters. The van der Waals surface area contributed by atoms with Crippen molar-refractivity contribution in [2.45, 2.75) is 31.2 Å². The summed E-state index contributed by atoms with van der Waals surface area (Å²) in [7, 11) is -3.11. The molecule has 0 aliphatic rings. The fourth-order valence-electron chi connectivity index (χ4n) is 1.47. The van der Waals surface area contributed by atoms with Gasteiger partial charge >= 0.3 is 0 Å². The van der Waals surface area contributed by atoms with Gasteiger partial charge in [-0.3, -0.25) is 0 Å². The lowest BCUT2D eigenvalue weighted by Gasteiger charge is -2.12. The molecule has 0 aliphatic carbocycles. The predicted octanol–water partition coefficient (Wildman–Crippen LogP) is 2.91. The fourth-order valence-corrected chi connectivity index (χ4v) is 2.87. The van der Waals surface area contributed by atoms with Crippen LogP contribution in [0.3, 0.4) is 0 Å². The average molecular weight is 276 g/mol. The molecule has 0 fully saturated rings. The Morgan fingerprint density at radius 1 is 1.29 bits per heavy atom. The first-order valence-corrected chi connectivity index (χ1v) is 7.83. The second-order valence-corrected chi connectivity index (χ2v) is 6.46. The van der Waals surface area contributed by atoms with Gasteiger partial charge in [0.05, 0.1) is 10.6 Å². The normalized spacial score (nSPS) is 13.4. The molecule has 17 heavy (non-hydrogen) atoms. The van der Waals surface area contributed by atoms with Crippen LogP contribution in [-0.2, 0) is 9.84 Å². The summed E-state index contributed by atoms with van der Waals surface area (Å²) >= 11 is 5.69. The van der Waals surface area contributed by atoms with E-state index in [2.05, 4.69) is 5.32 Å². The summed E-state index contributed by atoms with van der Waals surface area (Å²) in [6.45, 7) is 3.82. The molecule has 1 N–H and O–H groups in total. The maximum atomic E-state index is 11.8. The molecule has 5 heteroatoms. The van der Waals surface area contributed by atoms with E-state index in [0.29, 0.717) is 17.2 Å². The number of hydrogen-bond acceptors (Lipinski definition) is 3. The number of benzene rings is 1. The van der Waals surface area contributed by atoms with E-state index in [1.54, 1.807) is 24.3 Å². The van der Waals surface area contributed by atoms with Gasteiger partial charge in [0.25, 0.3) is 0 Å². The molecule has 0 bridgehead atoms. The van der Waals surface area contributed by atoms with Crippen LogP contribution in [0, 0.1) is 0 Å². The molecular formula is C12H18ClNO2S. The number of nitrogens with one attached hydrogen (secondary N) is 1. The lowest BCUT2D eigenvalue weighted by molar-refractivity contribution is 0.595. The monoisotopic (exact) mass is 275 g/mol. The highest BCUT2D eigenvalue weighted by Crippen LogP contribution is 2.16. The quantitative estimate of drug-likeness (QED) is 0.812. The smallest absolute Gasteiger partial charge is 0.178 e. The zero-order valence-electron chi connectivity index (χ0n) is 10.1. The second-order valence-electron chi connectivity index (χ2n) is 4.04. The highest BCUT2D eigenvalue weighted by Gasteiger charge is 2.12. The van der Waals surface area contributed by atoms with Crippen LogP contribution < -0.4 is 5.32 Å². The van der Waals surface area contributed by atoms with Gasteiger partial charge in [-0.1, -0.05) is 6.92 Å². The Hall–Kier alpha value is -0.740. The van der Waals surface area contributed by atoms with E-state index < -0.39 is 9.84 Å². The van der Waals surface area contributed by atoms with Gasteiger partial charge in [-0.2, -0.15) is 0 Å². The molecule has 1 aromatic carbocycles. The van der Waals surface area contributed by atoms with E-state index in [0.717, 1.165) is 5.69 Å². The molecule has 0 saturated heterocycles. The van der Waals surface area contributed by atoms with Gasteiger partial charge in [-0.25, -0.2) is 8.42 Å². The molecule has 1 atom stereocenters. The zero-order chi connectivity index (χ0) is 12.9. The van der Waals surface area contributed by atoms with Crippen LogP contribution in [0.4, 0.5) is 5.69 Å². The van der Waals surface area contributed by atoms with Crippen LogP contribution in [-0.4, -0.2) is 26.1 Å². The molecule has 0 aliphatic heterocycles. The maximum absolute atomic E-state index is 11.8. The predicted molar refractivity (Wildman–Crippen MR) is 72.6 cm³/mol. The van der Waals surface area contributed by atoms with E-state index in [9.17, 15) is 8.42 Å². The van der Waals surface area contributed by atoms with Gasteiger partial charge in [0.2, 0.25) is 0 Å². The Morgan fingerprint density at radius 2 is 1.88 bits per heavy atom. The largest absolute Gasteiger partial charge is 0.381 e. The summed E-state index contributed by atoms with van der Waals surface area (Å²) in [4.78, 5) is 0.378. The number of rotatable bonds is 6. The summed E-state index contributed by atoms with van der Waals surface area (Å²) < 4.78 is 23.6. The molecule has 0 amide bonds. The zero-order valence-corrected chi connectivity index (χ0v) is 11.7. The van der Waals surface area contributed by atoms with Crippen molar-refractivity contribution in [3.8, 4) is 0 Å². The molecule has 0 aromatic heterocycles. The lowest BCUT2D eigenvalue weighted by atomic mass is 10.3. The first-order valence-electron chi connectivity index (χ1n) is 5.65. The SMILES string of the molecule is CCCS(=O)(=O)c1ccc(NC(C)CCl)cc1. The first-order chi connectivity index (χ1) is 7.99. The van der Waals surface area contributed by atoms with E-state index in [1.165, 1.54) is 0 Å². The molecule has 0 heterocycles. The number of hydrogen-bond donors (Lipinski definition) is 1. The first kappa shape index (κ1) is 14.3. The summed E-state index contributed by atoms with van der Waals surface area (Å²) in [6, 6.07) is 6.97. The van der Waals surface area contributed by atoms with Crippen molar-refractivity contribution >= 4 is 27.1 Å². The van der Waals surface area contributed by atoms with E-state index in [-0.39, 0.29) is 11.8 Å².